The maximum atomic E-state index is 12.3. The molecule has 3 amide bonds. The zero-order valence-corrected chi connectivity index (χ0v) is 14.1. The van der Waals surface area contributed by atoms with E-state index in [9.17, 15) is 9.59 Å². The molecule has 1 fully saturated rings. The summed E-state index contributed by atoms with van der Waals surface area (Å²) in [5.74, 6) is -0.355. The normalized spacial score (nSPS) is 19.2. The molecule has 134 valence electrons. The van der Waals surface area contributed by atoms with Gasteiger partial charge in [-0.05, 0) is 12.5 Å². The minimum absolute atomic E-state index is 0.184. The van der Waals surface area contributed by atoms with Crippen molar-refractivity contribution in [2.45, 2.75) is 19.4 Å². The van der Waals surface area contributed by atoms with Gasteiger partial charge in [-0.15, -0.1) is 6.58 Å². The molecule has 0 aliphatic carbocycles. The number of hydrogen-bond donors (Lipinski definition) is 1. The van der Waals surface area contributed by atoms with Gasteiger partial charge < -0.3 is 4.90 Å². The first-order chi connectivity index (χ1) is 12.1. The van der Waals surface area contributed by atoms with Crippen molar-refractivity contribution in [2.75, 3.05) is 26.3 Å². The molecule has 9 nitrogen and oxygen atoms in total. The molecule has 2 aliphatic heterocycles. The van der Waals surface area contributed by atoms with Crippen molar-refractivity contribution < 1.29 is 19.3 Å². The molecule has 0 aromatic carbocycles. The van der Waals surface area contributed by atoms with Gasteiger partial charge in [-0.3, -0.25) is 14.5 Å². The van der Waals surface area contributed by atoms with Gasteiger partial charge in [-0.1, -0.05) is 13.0 Å². The molecule has 1 aromatic heterocycles. The van der Waals surface area contributed by atoms with Crippen LogP contribution in [-0.4, -0.2) is 64.0 Å². The van der Waals surface area contributed by atoms with E-state index in [0.717, 1.165) is 12.1 Å². The Kier molecular flexibility index (Phi) is 5.15. The highest BCUT2D eigenvalue weighted by Gasteiger charge is 2.41. The number of aromatic nitrogens is 2. The Morgan fingerprint density at radius 1 is 1.56 bits per heavy atom. The molecular formula is C16H21N5O4. The molecule has 3 heterocycles. The predicted molar refractivity (Wildman–Crippen MR) is 89.0 cm³/mol. The molecule has 25 heavy (non-hydrogen) atoms. The van der Waals surface area contributed by atoms with Gasteiger partial charge in [-0.2, -0.15) is 10.2 Å². The summed E-state index contributed by atoms with van der Waals surface area (Å²) in [6.07, 6.45) is 7.40. The molecule has 2 bridgehead atoms. The summed E-state index contributed by atoms with van der Waals surface area (Å²) in [4.78, 5) is 36.4. The first-order valence-electron chi connectivity index (χ1n) is 8.13. The van der Waals surface area contributed by atoms with E-state index >= 15 is 0 Å². The first-order valence-corrected chi connectivity index (χ1v) is 8.13. The summed E-state index contributed by atoms with van der Waals surface area (Å²) in [6.45, 7) is 7.22. The number of carbonyl (C=O) groups excluding carboxylic acids is 2. The fraction of sp³-hybridized carbons (Fsp3) is 0.438. The zero-order valence-electron chi connectivity index (χ0n) is 14.1. The Hall–Kier alpha value is -2.65. The van der Waals surface area contributed by atoms with Crippen LogP contribution < -0.4 is 5.48 Å². The number of hydroxylamine groups is 3. The van der Waals surface area contributed by atoms with Crippen molar-refractivity contribution in [3.63, 3.8) is 0 Å². The lowest BCUT2D eigenvalue weighted by molar-refractivity contribution is -0.107. The minimum Gasteiger partial charge on any atom is -0.314 e. The molecule has 1 unspecified atom stereocenters. The summed E-state index contributed by atoms with van der Waals surface area (Å²) < 4.78 is 1.60. The number of carbonyl (C=O) groups is 2. The summed E-state index contributed by atoms with van der Waals surface area (Å²) in [7, 11) is 0. The van der Waals surface area contributed by atoms with E-state index in [4.69, 9.17) is 9.68 Å². The van der Waals surface area contributed by atoms with Crippen molar-refractivity contribution in [1.29, 1.82) is 0 Å². The molecule has 9 heteroatoms. The van der Waals surface area contributed by atoms with E-state index in [-0.39, 0.29) is 24.6 Å². The van der Waals surface area contributed by atoms with E-state index in [1.54, 1.807) is 21.9 Å². The highest BCUT2D eigenvalue weighted by Crippen LogP contribution is 2.26. The van der Waals surface area contributed by atoms with Gasteiger partial charge >= 0.3 is 6.03 Å². The smallest absolute Gasteiger partial charge is 0.314 e. The number of amides is 3. The average molecular weight is 347 g/mol. The van der Waals surface area contributed by atoms with Crippen LogP contribution in [0.1, 0.15) is 23.7 Å². The highest BCUT2D eigenvalue weighted by molar-refractivity contribution is 5.93. The molecule has 1 atom stereocenters. The van der Waals surface area contributed by atoms with Gasteiger partial charge in [0.05, 0.1) is 43.3 Å². The Balaban J connectivity index is 1.70. The van der Waals surface area contributed by atoms with Crippen LogP contribution in [0, 0.1) is 0 Å². The Morgan fingerprint density at radius 2 is 2.40 bits per heavy atom. The number of nitrogens with one attached hydrogen (secondary N) is 1. The summed E-state index contributed by atoms with van der Waals surface area (Å²) >= 11 is 0. The van der Waals surface area contributed by atoms with E-state index in [0.29, 0.717) is 25.3 Å². The molecule has 3 rings (SSSR count). The fourth-order valence-electron chi connectivity index (χ4n) is 2.69. The molecule has 0 saturated carbocycles. The van der Waals surface area contributed by atoms with Gasteiger partial charge in [-0.25, -0.2) is 15.0 Å². The van der Waals surface area contributed by atoms with Crippen molar-refractivity contribution >= 4 is 17.6 Å². The average Bonchev–Trinajstić information content (AvgIpc) is 3.18. The van der Waals surface area contributed by atoms with Crippen LogP contribution in [0.3, 0.4) is 0 Å². The number of rotatable bonds is 8. The third-order valence-electron chi connectivity index (χ3n) is 3.85. The molecular weight excluding hydrogens is 326 g/mol. The van der Waals surface area contributed by atoms with Gasteiger partial charge in [0.25, 0.3) is 5.91 Å². The standard InChI is InChI=1S/C16H21N5O4/c1-3-5-24-18-15(22)12-8-17-20(9-12)13-7-14-11-19(10-13)16(23)21(14)25-6-4-2/h4,7-9,14H,2-3,5-6,10-11H2,1H3,(H,18,22). The lowest BCUT2D eigenvalue weighted by Gasteiger charge is -2.21. The number of urea groups is 1. The second-order valence-corrected chi connectivity index (χ2v) is 5.75. The quantitative estimate of drug-likeness (QED) is 0.431. The van der Waals surface area contributed by atoms with Crippen LogP contribution in [0.25, 0.3) is 5.70 Å². The maximum Gasteiger partial charge on any atom is 0.345 e. The molecule has 0 spiro atoms. The van der Waals surface area contributed by atoms with Crippen molar-refractivity contribution in [1.82, 2.24) is 25.2 Å². The van der Waals surface area contributed by atoms with Crippen molar-refractivity contribution in [3.8, 4) is 0 Å². The van der Waals surface area contributed by atoms with E-state index in [1.807, 2.05) is 13.0 Å². The second-order valence-electron chi connectivity index (χ2n) is 5.75. The van der Waals surface area contributed by atoms with E-state index < -0.39 is 0 Å². The molecule has 1 saturated heterocycles. The Morgan fingerprint density at radius 3 is 3.16 bits per heavy atom. The van der Waals surface area contributed by atoms with Crippen LogP contribution in [0.15, 0.2) is 31.1 Å². The second kappa shape index (κ2) is 7.49. The number of hydrogen-bond acceptors (Lipinski definition) is 5. The van der Waals surface area contributed by atoms with Gasteiger partial charge in [0, 0.05) is 12.7 Å². The summed E-state index contributed by atoms with van der Waals surface area (Å²) in [5, 5.41) is 5.57. The number of nitrogens with zero attached hydrogens (tertiary/aromatic N) is 4. The largest absolute Gasteiger partial charge is 0.345 e. The van der Waals surface area contributed by atoms with Crippen LogP contribution in [-0.2, 0) is 9.68 Å². The third-order valence-corrected chi connectivity index (χ3v) is 3.85. The zero-order chi connectivity index (χ0) is 17.8. The van der Waals surface area contributed by atoms with E-state index in [2.05, 4.69) is 17.2 Å². The van der Waals surface area contributed by atoms with Crippen LogP contribution in [0.5, 0.6) is 0 Å². The van der Waals surface area contributed by atoms with Crippen molar-refractivity contribution in [3.05, 3.63) is 36.7 Å². The van der Waals surface area contributed by atoms with Crippen LogP contribution in [0.2, 0.25) is 0 Å². The SMILES string of the molecule is C=CCON1C(=O)N2CC(n3cc(C(=O)NOCCC)cn3)=CC1C2. The maximum absolute atomic E-state index is 12.3. The van der Waals surface area contributed by atoms with Crippen LogP contribution >= 0.6 is 0 Å². The number of fused-ring (bicyclic) bond motifs is 2. The van der Waals surface area contributed by atoms with Gasteiger partial charge in [0.2, 0.25) is 0 Å². The third kappa shape index (κ3) is 3.57. The Bertz CT molecular complexity index is 698. The highest BCUT2D eigenvalue weighted by atomic mass is 16.7. The lowest BCUT2D eigenvalue weighted by Crippen LogP contribution is -2.33. The van der Waals surface area contributed by atoms with Crippen molar-refractivity contribution in [2.24, 2.45) is 0 Å². The first kappa shape index (κ1) is 17.2. The summed E-state index contributed by atoms with van der Waals surface area (Å²) in [5.41, 5.74) is 3.56. The minimum atomic E-state index is -0.355. The molecule has 2 aliphatic rings. The Labute approximate surface area is 145 Å². The van der Waals surface area contributed by atoms with Crippen LogP contribution in [0.4, 0.5) is 4.79 Å². The molecule has 1 aromatic rings. The predicted octanol–water partition coefficient (Wildman–Crippen LogP) is 1.03. The van der Waals surface area contributed by atoms with Gasteiger partial charge in [0.15, 0.2) is 0 Å². The summed E-state index contributed by atoms with van der Waals surface area (Å²) in [6, 6.07) is -0.373. The monoisotopic (exact) mass is 347 g/mol. The molecule has 0 radical (unpaired) electrons. The van der Waals surface area contributed by atoms with Gasteiger partial charge in [0.1, 0.15) is 0 Å². The topological polar surface area (TPSA) is 88.9 Å². The lowest BCUT2D eigenvalue weighted by atomic mass is 10.2. The fourth-order valence-corrected chi connectivity index (χ4v) is 2.69. The molecule has 1 N–H and O–H groups in total. The van der Waals surface area contributed by atoms with E-state index in [1.165, 1.54) is 11.3 Å².